The summed E-state index contributed by atoms with van der Waals surface area (Å²) in [7, 11) is 0. The number of nitrogens with zero attached hydrogens (tertiary/aromatic N) is 7. The maximum absolute atomic E-state index is 12.6. The van der Waals surface area contributed by atoms with Gasteiger partial charge in [0, 0.05) is 12.4 Å². The second-order valence-corrected chi connectivity index (χ2v) is 5.18. The van der Waals surface area contributed by atoms with Gasteiger partial charge in [0.1, 0.15) is 11.5 Å². The van der Waals surface area contributed by atoms with E-state index in [0.717, 1.165) is 0 Å². The first-order chi connectivity index (χ1) is 12.8. The van der Waals surface area contributed by atoms with Crippen LogP contribution >= 0.6 is 0 Å². The van der Waals surface area contributed by atoms with E-state index in [1.165, 1.54) is 4.68 Å². The highest BCUT2D eigenvalue weighted by molar-refractivity contribution is 6.01. The fraction of sp³-hybridized carbons (Fsp3) is 0. The summed E-state index contributed by atoms with van der Waals surface area (Å²) in [5.74, 6) is 0.304. The Labute approximate surface area is 147 Å². The summed E-state index contributed by atoms with van der Waals surface area (Å²) in [5, 5.41) is 13.9. The Kier molecular flexibility index (Phi) is 4.09. The Hall–Kier alpha value is -4.01. The zero-order chi connectivity index (χ0) is 17.8. The lowest BCUT2D eigenvalue weighted by Crippen LogP contribution is -2.19. The van der Waals surface area contributed by atoms with Crippen LogP contribution in [-0.2, 0) is 0 Å². The number of amides is 1. The van der Waals surface area contributed by atoms with E-state index >= 15 is 0 Å². The third-order valence-electron chi connectivity index (χ3n) is 3.46. The minimum atomic E-state index is -0.482. The topological polar surface area (TPSA) is 111 Å². The summed E-state index contributed by atoms with van der Waals surface area (Å²) in [5.41, 5.74) is 1.29. The molecule has 3 aromatic heterocycles. The fourth-order valence-corrected chi connectivity index (χ4v) is 2.29. The molecule has 9 nitrogen and oxygen atoms in total. The number of hydrogen-bond acceptors (Lipinski definition) is 7. The fourth-order valence-electron chi connectivity index (χ4n) is 2.29. The minimum Gasteiger partial charge on any atom is -0.304 e. The molecule has 1 aromatic carbocycles. The summed E-state index contributed by atoms with van der Waals surface area (Å²) >= 11 is 0. The number of hydrogen-bond donors (Lipinski definition) is 1. The van der Waals surface area contributed by atoms with Crippen molar-refractivity contribution in [3.63, 3.8) is 0 Å². The second kappa shape index (κ2) is 6.85. The summed E-state index contributed by atoms with van der Waals surface area (Å²) < 4.78 is 1.36. The predicted octanol–water partition coefficient (Wildman–Crippen LogP) is 1.77. The average Bonchev–Trinajstić information content (AvgIpc) is 3.20. The Bertz CT molecular complexity index is 1030. The first kappa shape index (κ1) is 15.5. The maximum atomic E-state index is 12.6. The molecule has 0 aliphatic carbocycles. The van der Waals surface area contributed by atoms with Gasteiger partial charge in [0.25, 0.3) is 5.91 Å². The SMILES string of the molecule is O=C(Nc1ccnc(-c2ccccn2)n1)c1nnnn1-c1ccccc1. The number of rotatable bonds is 4. The van der Waals surface area contributed by atoms with Crippen LogP contribution in [0.3, 0.4) is 0 Å². The number of tetrazole rings is 1. The quantitative estimate of drug-likeness (QED) is 0.600. The lowest BCUT2D eigenvalue weighted by atomic mass is 10.3. The molecule has 126 valence electrons. The maximum Gasteiger partial charge on any atom is 0.296 e. The van der Waals surface area contributed by atoms with Gasteiger partial charge in [0.15, 0.2) is 5.82 Å². The van der Waals surface area contributed by atoms with E-state index in [4.69, 9.17) is 0 Å². The molecule has 0 spiro atoms. The van der Waals surface area contributed by atoms with Crippen molar-refractivity contribution >= 4 is 11.7 Å². The van der Waals surface area contributed by atoms with Crippen molar-refractivity contribution in [1.29, 1.82) is 0 Å². The molecule has 0 aliphatic heterocycles. The summed E-state index contributed by atoms with van der Waals surface area (Å²) in [6.45, 7) is 0. The van der Waals surface area contributed by atoms with Gasteiger partial charge >= 0.3 is 0 Å². The van der Waals surface area contributed by atoms with Gasteiger partial charge in [-0.05, 0) is 40.8 Å². The third kappa shape index (κ3) is 3.13. The largest absolute Gasteiger partial charge is 0.304 e. The van der Waals surface area contributed by atoms with Gasteiger partial charge < -0.3 is 5.32 Å². The van der Waals surface area contributed by atoms with E-state index in [1.54, 1.807) is 42.7 Å². The molecule has 3 heterocycles. The highest BCUT2D eigenvalue weighted by atomic mass is 16.2. The molecular formula is C17H12N8O. The summed E-state index contributed by atoms with van der Waals surface area (Å²) in [6.07, 6.45) is 3.20. The average molecular weight is 344 g/mol. The highest BCUT2D eigenvalue weighted by Gasteiger charge is 2.17. The van der Waals surface area contributed by atoms with Crippen molar-refractivity contribution in [1.82, 2.24) is 35.2 Å². The van der Waals surface area contributed by atoms with Crippen molar-refractivity contribution in [2.24, 2.45) is 0 Å². The first-order valence-corrected chi connectivity index (χ1v) is 7.71. The van der Waals surface area contributed by atoms with Gasteiger partial charge in [-0.25, -0.2) is 9.97 Å². The smallest absolute Gasteiger partial charge is 0.296 e. The molecule has 0 atom stereocenters. The lowest BCUT2D eigenvalue weighted by molar-refractivity contribution is 0.101. The molecule has 4 rings (SSSR count). The molecule has 4 aromatic rings. The Morgan fingerprint density at radius 2 is 1.77 bits per heavy atom. The zero-order valence-corrected chi connectivity index (χ0v) is 13.4. The number of aromatic nitrogens is 7. The van der Waals surface area contributed by atoms with Crippen molar-refractivity contribution in [3.8, 4) is 17.2 Å². The molecule has 26 heavy (non-hydrogen) atoms. The number of benzene rings is 1. The van der Waals surface area contributed by atoms with Crippen molar-refractivity contribution in [2.75, 3.05) is 5.32 Å². The monoisotopic (exact) mass is 344 g/mol. The molecule has 0 saturated carbocycles. The van der Waals surface area contributed by atoms with Gasteiger partial charge in [-0.3, -0.25) is 9.78 Å². The number of para-hydroxylation sites is 1. The number of pyridine rings is 1. The van der Waals surface area contributed by atoms with Crippen LogP contribution in [0.4, 0.5) is 5.82 Å². The van der Waals surface area contributed by atoms with E-state index in [1.807, 2.05) is 24.3 Å². The molecule has 0 bridgehead atoms. The molecule has 0 unspecified atom stereocenters. The van der Waals surface area contributed by atoms with Crippen LogP contribution in [0.15, 0.2) is 67.0 Å². The van der Waals surface area contributed by atoms with Crippen LogP contribution < -0.4 is 5.32 Å². The Morgan fingerprint density at radius 1 is 0.923 bits per heavy atom. The summed E-state index contributed by atoms with van der Waals surface area (Å²) in [4.78, 5) is 25.3. The lowest BCUT2D eigenvalue weighted by Gasteiger charge is -2.06. The molecule has 1 amide bonds. The molecule has 0 saturated heterocycles. The van der Waals surface area contributed by atoms with E-state index < -0.39 is 5.91 Å². The Balaban J connectivity index is 1.60. The number of carbonyl (C=O) groups excluding carboxylic acids is 1. The third-order valence-corrected chi connectivity index (χ3v) is 3.46. The van der Waals surface area contributed by atoms with Crippen LogP contribution in [0.25, 0.3) is 17.2 Å². The zero-order valence-electron chi connectivity index (χ0n) is 13.4. The standard InChI is InChI=1S/C17H12N8O/c26-17(16-22-23-24-25(16)12-6-2-1-3-7-12)21-14-9-11-19-15(20-14)13-8-4-5-10-18-13/h1-11H,(H,19,20,21,26). The predicted molar refractivity (Wildman–Crippen MR) is 92.4 cm³/mol. The molecule has 1 N–H and O–H groups in total. The van der Waals surface area contributed by atoms with Crippen LogP contribution in [0.2, 0.25) is 0 Å². The minimum absolute atomic E-state index is 0.0502. The molecular weight excluding hydrogens is 332 g/mol. The van der Waals surface area contributed by atoms with Crippen molar-refractivity contribution in [3.05, 3.63) is 72.8 Å². The van der Waals surface area contributed by atoms with Crippen LogP contribution in [0.1, 0.15) is 10.6 Å². The molecule has 0 fully saturated rings. The first-order valence-electron chi connectivity index (χ1n) is 7.71. The Morgan fingerprint density at radius 3 is 2.58 bits per heavy atom. The second-order valence-electron chi connectivity index (χ2n) is 5.18. The van der Waals surface area contributed by atoms with Crippen LogP contribution in [0, 0.1) is 0 Å². The molecule has 0 radical (unpaired) electrons. The number of anilines is 1. The van der Waals surface area contributed by atoms with Crippen LogP contribution in [0.5, 0.6) is 0 Å². The van der Waals surface area contributed by atoms with Crippen molar-refractivity contribution < 1.29 is 4.79 Å². The normalized spacial score (nSPS) is 10.5. The molecule has 9 heteroatoms. The van der Waals surface area contributed by atoms with Gasteiger partial charge in [-0.15, -0.1) is 5.10 Å². The van der Waals surface area contributed by atoms with Gasteiger partial charge in [-0.1, -0.05) is 24.3 Å². The van der Waals surface area contributed by atoms with E-state index in [2.05, 4.69) is 35.8 Å². The van der Waals surface area contributed by atoms with Gasteiger partial charge in [0.2, 0.25) is 5.82 Å². The van der Waals surface area contributed by atoms with E-state index in [9.17, 15) is 4.79 Å². The molecule has 0 aliphatic rings. The van der Waals surface area contributed by atoms with Gasteiger partial charge in [0.05, 0.1) is 5.69 Å². The number of carbonyl (C=O) groups is 1. The highest BCUT2D eigenvalue weighted by Crippen LogP contribution is 2.14. The van der Waals surface area contributed by atoms with Gasteiger partial charge in [-0.2, -0.15) is 4.68 Å². The van der Waals surface area contributed by atoms with E-state index in [0.29, 0.717) is 23.0 Å². The number of nitrogens with one attached hydrogen (secondary N) is 1. The van der Waals surface area contributed by atoms with E-state index in [-0.39, 0.29) is 5.82 Å². The van der Waals surface area contributed by atoms with Crippen molar-refractivity contribution in [2.45, 2.75) is 0 Å². The summed E-state index contributed by atoms with van der Waals surface area (Å²) in [6, 6.07) is 16.2. The van der Waals surface area contributed by atoms with Crippen LogP contribution in [-0.4, -0.2) is 41.1 Å².